The van der Waals surface area contributed by atoms with Gasteiger partial charge in [0.25, 0.3) is 0 Å². The minimum Gasteiger partial charge on any atom is -0.338 e. The van der Waals surface area contributed by atoms with Crippen molar-refractivity contribution in [2.24, 2.45) is 5.92 Å². The Morgan fingerprint density at radius 2 is 1.86 bits per heavy atom. The maximum absolute atomic E-state index is 12.6. The Morgan fingerprint density at radius 3 is 2.55 bits per heavy atom. The molecule has 0 spiro atoms. The highest BCUT2D eigenvalue weighted by Gasteiger charge is 2.38. The molecule has 3 aliphatic rings. The first-order chi connectivity index (χ1) is 10.7. The lowest BCUT2D eigenvalue weighted by atomic mass is 9.79. The van der Waals surface area contributed by atoms with Crippen molar-refractivity contribution in [1.29, 1.82) is 0 Å². The zero-order chi connectivity index (χ0) is 15.5. The molecule has 0 aromatic heterocycles. The van der Waals surface area contributed by atoms with Gasteiger partial charge in [0.2, 0.25) is 0 Å². The molecule has 2 aliphatic heterocycles. The molecule has 124 valence electrons. The van der Waals surface area contributed by atoms with Gasteiger partial charge in [0, 0.05) is 38.3 Å². The Hall–Kier alpha value is -1.46. The van der Waals surface area contributed by atoms with Crippen LogP contribution in [0.15, 0.2) is 0 Å². The van der Waals surface area contributed by atoms with E-state index in [1.54, 1.807) is 4.90 Å². The third-order valence-corrected chi connectivity index (χ3v) is 5.39. The van der Waals surface area contributed by atoms with E-state index in [2.05, 4.69) is 15.5 Å². The number of rotatable bonds is 3. The molecule has 1 aliphatic carbocycles. The normalized spacial score (nSPS) is 28.6. The van der Waals surface area contributed by atoms with Crippen LogP contribution in [0.25, 0.3) is 0 Å². The van der Waals surface area contributed by atoms with Gasteiger partial charge in [0.05, 0.1) is 0 Å². The second kappa shape index (κ2) is 6.75. The van der Waals surface area contributed by atoms with Crippen LogP contribution in [0.5, 0.6) is 0 Å². The summed E-state index contributed by atoms with van der Waals surface area (Å²) in [6, 6.07) is 0.609. The Balaban J connectivity index is 1.48. The maximum atomic E-state index is 12.6. The molecule has 4 amide bonds. The molecule has 0 aromatic carbocycles. The van der Waals surface area contributed by atoms with Crippen molar-refractivity contribution in [2.75, 3.05) is 26.2 Å². The van der Waals surface area contributed by atoms with Crippen LogP contribution in [0.4, 0.5) is 9.59 Å². The highest BCUT2D eigenvalue weighted by molar-refractivity contribution is 5.76. The number of urea groups is 2. The monoisotopic (exact) mass is 308 g/mol. The molecular formula is C16H28N4O2. The molecule has 2 saturated heterocycles. The standard InChI is InChI=1S/C16H28N4O2/c1-2-17-15(21)19-10-8-13(11-19)18-16(22)20-9-4-7-14(20)12-5-3-6-12/h12-14H,2-11H2,1H3,(H,17,21)(H,18,22). The predicted octanol–water partition coefficient (Wildman–Crippen LogP) is 1.76. The molecule has 6 heteroatoms. The smallest absolute Gasteiger partial charge is 0.317 e. The molecule has 0 aromatic rings. The molecular weight excluding hydrogens is 280 g/mol. The number of nitrogens with zero attached hydrogens (tertiary/aromatic N) is 2. The quantitative estimate of drug-likeness (QED) is 0.834. The van der Waals surface area contributed by atoms with Crippen LogP contribution >= 0.6 is 0 Å². The highest BCUT2D eigenvalue weighted by atomic mass is 16.2. The topological polar surface area (TPSA) is 64.7 Å². The molecule has 0 bridgehead atoms. The van der Waals surface area contributed by atoms with Crippen molar-refractivity contribution in [3.05, 3.63) is 0 Å². The lowest BCUT2D eigenvalue weighted by Crippen LogP contribution is -2.50. The number of amides is 4. The first-order valence-electron chi connectivity index (χ1n) is 8.79. The number of hydrogen-bond donors (Lipinski definition) is 2. The van der Waals surface area contributed by atoms with E-state index in [4.69, 9.17) is 0 Å². The number of likely N-dealkylation sites (tertiary alicyclic amines) is 2. The minimum absolute atomic E-state index is 0.0206. The van der Waals surface area contributed by atoms with Gasteiger partial charge in [0.1, 0.15) is 0 Å². The van der Waals surface area contributed by atoms with Crippen molar-refractivity contribution in [3.63, 3.8) is 0 Å². The number of carbonyl (C=O) groups is 2. The second-order valence-corrected chi connectivity index (χ2v) is 6.81. The minimum atomic E-state index is -0.0206. The van der Waals surface area contributed by atoms with Gasteiger partial charge < -0.3 is 20.4 Å². The Labute approximate surface area is 132 Å². The summed E-state index contributed by atoms with van der Waals surface area (Å²) < 4.78 is 0. The largest absolute Gasteiger partial charge is 0.338 e. The third-order valence-electron chi connectivity index (χ3n) is 5.39. The van der Waals surface area contributed by atoms with Crippen LogP contribution in [0.2, 0.25) is 0 Å². The molecule has 0 radical (unpaired) electrons. The zero-order valence-electron chi connectivity index (χ0n) is 13.5. The fourth-order valence-corrected chi connectivity index (χ4v) is 3.94. The highest BCUT2D eigenvalue weighted by Crippen LogP contribution is 2.37. The van der Waals surface area contributed by atoms with E-state index >= 15 is 0 Å². The van der Waals surface area contributed by atoms with Crippen LogP contribution in [0, 0.1) is 5.92 Å². The van der Waals surface area contributed by atoms with Gasteiger partial charge in [-0.15, -0.1) is 0 Å². The van der Waals surface area contributed by atoms with E-state index < -0.39 is 0 Å². The molecule has 2 heterocycles. The van der Waals surface area contributed by atoms with Crippen LogP contribution in [0.1, 0.15) is 45.4 Å². The summed E-state index contributed by atoms with van der Waals surface area (Å²) in [4.78, 5) is 28.2. The fraction of sp³-hybridized carbons (Fsp3) is 0.875. The molecule has 2 N–H and O–H groups in total. The molecule has 3 rings (SSSR count). The Morgan fingerprint density at radius 1 is 1.05 bits per heavy atom. The van der Waals surface area contributed by atoms with Gasteiger partial charge in [-0.2, -0.15) is 0 Å². The van der Waals surface area contributed by atoms with Crippen LogP contribution in [-0.2, 0) is 0 Å². The SMILES string of the molecule is CCNC(=O)N1CCC(NC(=O)N2CCCC2C2CCC2)C1. The number of carbonyl (C=O) groups excluding carboxylic acids is 2. The van der Waals surface area contributed by atoms with Crippen molar-refractivity contribution >= 4 is 12.1 Å². The van der Waals surface area contributed by atoms with Crippen molar-refractivity contribution in [2.45, 2.75) is 57.5 Å². The fourth-order valence-electron chi connectivity index (χ4n) is 3.94. The van der Waals surface area contributed by atoms with E-state index in [-0.39, 0.29) is 18.1 Å². The van der Waals surface area contributed by atoms with E-state index in [1.807, 2.05) is 6.92 Å². The van der Waals surface area contributed by atoms with Gasteiger partial charge in [-0.3, -0.25) is 0 Å². The molecule has 6 nitrogen and oxygen atoms in total. The van der Waals surface area contributed by atoms with Crippen LogP contribution in [-0.4, -0.2) is 60.1 Å². The first kappa shape index (κ1) is 15.4. The van der Waals surface area contributed by atoms with Crippen molar-refractivity contribution in [3.8, 4) is 0 Å². The summed E-state index contributed by atoms with van der Waals surface area (Å²) in [6.45, 7) is 4.80. The van der Waals surface area contributed by atoms with E-state index in [1.165, 1.54) is 19.3 Å². The van der Waals surface area contributed by atoms with E-state index in [9.17, 15) is 9.59 Å². The lowest BCUT2D eigenvalue weighted by molar-refractivity contribution is 0.137. The first-order valence-corrected chi connectivity index (χ1v) is 8.79. The third kappa shape index (κ3) is 3.15. The van der Waals surface area contributed by atoms with Crippen LogP contribution < -0.4 is 10.6 Å². The molecule has 22 heavy (non-hydrogen) atoms. The summed E-state index contributed by atoms with van der Waals surface area (Å²) in [5.74, 6) is 0.726. The summed E-state index contributed by atoms with van der Waals surface area (Å²) in [5, 5.41) is 5.96. The summed E-state index contributed by atoms with van der Waals surface area (Å²) in [6.07, 6.45) is 7.02. The summed E-state index contributed by atoms with van der Waals surface area (Å²) in [5.41, 5.74) is 0. The average Bonchev–Trinajstić information content (AvgIpc) is 3.06. The van der Waals surface area contributed by atoms with Gasteiger partial charge in [-0.1, -0.05) is 6.42 Å². The summed E-state index contributed by atoms with van der Waals surface area (Å²) >= 11 is 0. The zero-order valence-corrected chi connectivity index (χ0v) is 13.5. The summed E-state index contributed by atoms with van der Waals surface area (Å²) in [7, 11) is 0. The van der Waals surface area contributed by atoms with E-state index in [0.717, 1.165) is 38.3 Å². The molecule has 2 atom stereocenters. The second-order valence-electron chi connectivity index (χ2n) is 6.81. The van der Waals surface area contributed by atoms with Gasteiger partial charge in [-0.25, -0.2) is 9.59 Å². The Kier molecular flexibility index (Phi) is 4.74. The van der Waals surface area contributed by atoms with Gasteiger partial charge in [0.15, 0.2) is 0 Å². The Bertz CT molecular complexity index is 424. The van der Waals surface area contributed by atoms with Crippen molar-refractivity contribution < 1.29 is 9.59 Å². The predicted molar refractivity (Wildman–Crippen MR) is 84.7 cm³/mol. The van der Waals surface area contributed by atoms with Gasteiger partial charge >= 0.3 is 12.1 Å². The molecule has 3 fully saturated rings. The van der Waals surface area contributed by atoms with Crippen LogP contribution in [0.3, 0.4) is 0 Å². The molecule has 2 unspecified atom stereocenters. The maximum Gasteiger partial charge on any atom is 0.317 e. The average molecular weight is 308 g/mol. The van der Waals surface area contributed by atoms with E-state index in [0.29, 0.717) is 19.1 Å². The van der Waals surface area contributed by atoms with Gasteiger partial charge in [-0.05, 0) is 44.9 Å². The van der Waals surface area contributed by atoms with Crippen molar-refractivity contribution in [1.82, 2.24) is 20.4 Å². The lowest BCUT2D eigenvalue weighted by Gasteiger charge is -2.37. The number of nitrogens with one attached hydrogen (secondary N) is 2. The molecule has 1 saturated carbocycles. The number of hydrogen-bond acceptors (Lipinski definition) is 2.